The molecule has 0 saturated carbocycles. The number of alkyl halides is 1. The first-order valence-electron chi connectivity index (χ1n) is 7.82. The zero-order chi connectivity index (χ0) is 15.2. The van der Waals surface area contributed by atoms with Crippen molar-refractivity contribution in [2.45, 2.75) is 52.0 Å². The Bertz CT molecular complexity index is 577. The number of ether oxygens (including phenoxy) is 1. The summed E-state index contributed by atoms with van der Waals surface area (Å²) in [6.45, 7) is 8.84. The van der Waals surface area contributed by atoms with Crippen LogP contribution in [0.2, 0.25) is 0 Å². The van der Waals surface area contributed by atoms with Gasteiger partial charge < -0.3 is 9.30 Å². The van der Waals surface area contributed by atoms with Crippen molar-refractivity contribution in [2.75, 3.05) is 13.2 Å². The zero-order valence-electron chi connectivity index (χ0n) is 13.2. The Balaban J connectivity index is 2.11. The quantitative estimate of drug-likeness (QED) is 0.515. The monoisotopic (exact) mass is 308 g/mol. The van der Waals surface area contributed by atoms with E-state index in [-0.39, 0.29) is 5.38 Å². The fourth-order valence-corrected chi connectivity index (χ4v) is 2.75. The van der Waals surface area contributed by atoms with Crippen molar-refractivity contribution in [2.24, 2.45) is 0 Å². The van der Waals surface area contributed by atoms with Crippen LogP contribution >= 0.6 is 11.6 Å². The molecule has 1 aromatic carbocycles. The molecule has 0 aliphatic rings. The topological polar surface area (TPSA) is 27.1 Å². The van der Waals surface area contributed by atoms with E-state index in [0.29, 0.717) is 0 Å². The lowest BCUT2D eigenvalue weighted by Crippen LogP contribution is -2.08. The Morgan fingerprint density at radius 3 is 2.76 bits per heavy atom. The number of nitrogens with zero attached hydrogens (tertiary/aromatic N) is 2. The van der Waals surface area contributed by atoms with Crippen molar-refractivity contribution >= 4 is 22.6 Å². The molecule has 2 rings (SSSR count). The fourth-order valence-electron chi connectivity index (χ4n) is 2.59. The van der Waals surface area contributed by atoms with Crippen molar-refractivity contribution < 1.29 is 4.74 Å². The minimum Gasteiger partial charge on any atom is -0.381 e. The Morgan fingerprint density at radius 1 is 1.29 bits per heavy atom. The number of halogens is 1. The molecule has 2 aromatic rings. The van der Waals surface area contributed by atoms with E-state index in [0.717, 1.165) is 43.9 Å². The van der Waals surface area contributed by atoms with Gasteiger partial charge in [-0.1, -0.05) is 25.5 Å². The number of aromatic nitrogens is 2. The van der Waals surface area contributed by atoms with E-state index in [1.54, 1.807) is 0 Å². The van der Waals surface area contributed by atoms with Gasteiger partial charge in [0.25, 0.3) is 0 Å². The minimum absolute atomic E-state index is 0.0854. The average molecular weight is 309 g/mol. The second-order valence-corrected chi connectivity index (χ2v) is 6.15. The molecule has 0 aliphatic heterocycles. The van der Waals surface area contributed by atoms with Crippen LogP contribution in [-0.4, -0.2) is 22.8 Å². The van der Waals surface area contributed by atoms with Crippen molar-refractivity contribution in [1.29, 1.82) is 0 Å². The molecule has 0 radical (unpaired) electrons. The number of benzene rings is 1. The molecule has 1 atom stereocenters. The molecule has 1 aromatic heterocycles. The zero-order valence-corrected chi connectivity index (χ0v) is 14.0. The van der Waals surface area contributed by atoms with Gasteiger partial charge in [-0.25, -0.2) is 4.98 Å². The molecule has 0 aliphatic carbocycles. The highest BCUT2D eigenvalue weighted by Gasteiger charge is 2.15. The Labute approximate surface area is 132 Å². The first-order valence-corrected chi connectivity index (χ1v) is 8.26. The maximum absolute atomic E-state index is 6.30. The predicted molar refractivity (Wildman–Crippen MR) is 89.1 cm³/mol. The Hall–Kier alpha value is -1.06. The summed E-state index contributed by atoms with van der Waals surface area (Å²) in [7, 11) is 0. The van der Waals surface area contributed by atoms with Gasteiger partial charge in [-0.05, 0) is 38.3 Å². The fraction of sp³-hybridized carbons (Fsp3) is 0.588. The Kier molecular flexibility index (Phi) is 6.07. The van der Waals surface area contributed by atoms with Crippen LogP contribution in [0.3, 0.4) is 0 Å². The summed E-state index contributed by atoms with van der Waals surface area (Å²) in [4.78, 5) is 4.69. The van der Waals surface area contributed by atoms with Gasteiger partial charge in [-0.2, -0.15) is 0 Å². The van der Waals surface area contributed by atoms with Gasteiger partial charge in [0.05, 0.1) is 16.4 Å². The number of aryl methyl sites for hydroxylation is 2. The Morgan fingerprint density at radius 2 is 2.05 bits per heavy atom. The number of fused-ring (bicyclic) bond motifs is 1. The standard InChI is InChI=1S/C17H25ClN2O/c1-4-5-11-21-12-7-10-20-16-13(2)8-6-9-15(16)19-17(20)14(3)18/h6,8-9,14H,4-5,7,10-12H2,1-3H3. The van der Waals surface area contributed by atoms with Crippen molar-refractivity contribution in [3.63, 3.8) is 0 Å². The first-order chi connectivity index (χ1) is 10.1. The van der Waals surface area contributed by atoms with Gasteiger partial charge in [0.2, 0.25) is 0 Å². The maximum Gasteiger partial charge on any atom is 0.127 e. The van der Waals surface area contributed by atoms with Crippen LogP contribution in [0.5, 0.6) is 0 Å². The van der Waals surface area contributed by atoms with Gasteiger partial charge in [0, 0.05) is 19.8 Å². The van der Waals surface area contributed by atoms with Crippen molar-refractivity contribution in [3.05, 3.63) is 29.6 Å². The second kappa shape index (κ2) is 7.81. The number of rotatable bonds is 8. The average Bonchev–Trinajstić information content (AvgIpc) is 2.83. The lowest BCUT2D eigenvalue weighted by Gasteiger charge is -2.12. The number of hydrogen-bond acceptors (Lipinski definition) is 2. The summed E-state index contributed by atoms with van der Waals surface area (Å²) >= 11 is 6.30. The molecule has 0 N–H and O–H groups in total. The molecule has 116 valence electrons. The van der Waals surface area contributed by atoms with E-state index in [4.69, 9.17) is 21.3 Å². The lowest BCUT2D eigenvalue weighted by atomic mass is 10.2. The third-order valence-electron chi connectivity index (χ3n) is 3.67. The highest BCUT2D eigenvalue weighted by molar-refractivity contribution is 6.20. The largest absolute Gasteiger partial charge is 0.381 e. The molecule has 0 amide bonds. The second-order valence-electron chi connectivity index (χ2n) is 5.50. The minimum atomic E-state index is -0.0854. The van der Waals surface area contributed by atoms with Crippen LogP contribution in [0.1, 0.15) is 49.9 Å². The molecule has 0 spiro atoms. The van der Waals surface area contributed by atoms with Crippen LogP contribution in [0.15, 0.2) is 18.2 Å². The van der Waals surface area contributed by atoms with E-state index < -0.39 is 0 Å². The highest BCUT2D eigenvalue weighted by atomic mass is 35.5. The summed E-state index contributed by atoms with van der Waals surface area (Å²) in [5.74, 6) is 0.953. The molecular formula is C17H25ClN2O. The highest BCUT2D eigenvalue weighted by Crippen LogP contribution is 2.26. The summed E-state index contributed by atoms with van der Waals surface area (Å²) in [5.41, 5.74) is 3.48. The summed E-state index contributed by atoms with van der Waals surface area (Å²) < 4.78 is 7.90. The van der Waals surface area contributed by atoms with Gasteiger partial charge in [0.1, 0.15) is 5.82 Å². The van der Waals surface area contributed by atoms with Gasteiger partial charge in [0.15, 0.2) is 0 Å². The van der Waals surface area contributed by atoms with Crippen molar-refractivity contribution in [1.82, 2.24) is 9.55 Å². The number of imidazole rings is 1. The van der Waals surface area contributed by atoms with E-state index in [1.165, 1.54) is 17.5 Å². The van der Waals surface area contributed by atoms with E-state index >= 15 is 0 Å². The van der Waals surface area contributed by atoms with Gasteiger partial charge in [-0.3, -0.25) is 0 Å². The van der Waals surface area contributed by atoms with Crippen LogP contribution in [0, 0.1) is 6.92 Å². The molecule has 4 heteroatoms. The van der Waals surface area contributed by atoms with Crippen LogP contribution in [0.4, 0.5) is 0 Å². The number of unbranched alkanes of at least 4 members (excludes halogenated alkanes) is 1. The number of hydrogen-bond donors (Lipinski definition) is 0. The smallest absolute Gasteiger partial charge is 0.127 e. The maximum atomic E-state index is 6.30. The van der Waals surface area contributed by atoms with Crippen LogP contribution in [0.25, 0.3) is 11.0 Å². The third kappa shape index (κ3) is 3.98. The molecule has 1 heterocycles. The first kappa shape index (κ1) is 16.3. The van der Waals surface area contributed by atoms with E-state index in [1.807, 2.05) is 13.0 Å². The molecular weight excluding hydrogens is 284 g/mol. The third-order valence-corrected chi connectivity index (χ3v) is 3.86. The predicted octanol–water partition coefficient (Wildman–Crippen LogP) is 4.85. The SMILES string of the molecule is CCCCOCCCn1c(C(C)Cl)nc2cccc(C)c21. The molecule has 21 heavy (non-hydrogen) atoms. The molecule has 0 fully saturated rings. The van der Waals surface area contributed by atoms with Crippen LogP contribution < -0.4 is 0 Å². The van der Waals surface area contributed by atoms with E-state index in [9.17, 15) is 0 Å². The van der Waals surface area contributed by atoms with Gasteiger partial charge in [-0.15, -0.1) is 11.6 Å². The van der Waals surface area contributed by atoms with Crippen molar-refractivity contribution in [3.8, 4) is 0 Å². The molecule has 0 bridgehead atoms. The molecule has 1 unspecified atom stereocenters. The van der Waals surface area contributed by atoms with Gasteiger partial charge >= 0.3 is 0 Å². The van der Waals surface area contributed by atoms with E-state index in [2.05, 4.69) is 30.5 Å². The lowest BCUT2D eigenvalue weighted by molar-refractivity contribution is 0.126. The summed E-state index contributed by atoms with van der Waals surface area (Å²) in [6, 6.07) is 6.23. The normalized spacial score (nSPS) is 13.0. The molecule has 0 saturated heterocycles. The molecule has 3 nitrogen and oxygen atoms in total. The van der Waals surface area contributed by atoms with Crippen LogP contribution in [-0.2, 0) is 11.3 Å². The number of para-hydroxylation sites is 1. The summed E-state index contributed by atoms with van der Waals surface area (Å²) in [5, 5.41) is -0.0854. The summed E-state index contributed by atoms with van der Waals surface area (Å²) in [6.07, 6.45) is 3.30.